The summed E-state index contributed by atoms with van der Waals surface area (Å²) in [6.45, 7) is -0.104. The third-order valence-corrected chi connectivity index (χ3v) is 2.55. The number of rotatable bonds is 2. The summed E-state index contributed by atoms with van der Waals surface area (Å²) < 4.78 is 14.6. The molecule has 0 bridgehead atoms. The van der Waals surface area contributed by atoms with Gasteiger partial charge in [-0.15, -0.1) is 0 Å². The van der Waals surface area contributed by atoms with Crippen LogP contribution < -0.4 is 16.5 Å². The van der Waals surface area contributed by atoms with E-state index in [0.717, 1.165) is 4.68 Å². The van der Waals surface area contributed by atoms with Crippen LogP contribution in [0.1, 0.15) is 5.56 Å². The highest BCUT2D eigenvalue weighted by Crippen LogP contribution is 2.22. The summed E-state index contributed by atoms with van der Waals surface area (Å²) in [7, 11) is 0. The zero-order chi connectivity index (χ0) is 14.0. The van der Waals surface area contributed by atoms with Crippen LogP contribution in [-0.2, 0) is 6.54 Å². The summed E-state index contributed by atoms with van der Waals surface area (Å²) in [6, 6.07) is 4.10. The molecule has 100 valence electrons. The number of nitrogen functional groups attached to an aromatic ring is 1. The van der Waals surface area contributed by atoms with Crippen molar-refractivity contribution < 1.29 is 9.60 Å². The second-order valence-corrected chi connectivity index (χ2v) is 3.80. The number of nitrogens with one attached hydrogen (secondary N) is 1. The first kappa shape index (κ1) is 13.0. The molecule has 0 atom stereocenters. The second kappa shape index (κ2) is 5.04. The molecule has 0 aliphatic heterocycles. The van der Waals surface area contributed by atoms with Crippen molar-refractivity contribution in [3.05, 3.63) is 42.0 Å². The Morgan fingerprint density at radius 3 is 2.84 bits per heavy atom. The molecule has 8 heteroatoms. The number of nitrogens with two attached hydrogens (primary N) is 2. The molecule has 0 amide bonds. The maximum atomic E-state index is 13.6. The van der Waals surface area contributed by atoms with Crippen LogP contribution in [0, 0.1) is 11.2 Å². The molecule has 0 fully saturated rings. The molecule has 0 aliphatic rings. The lowest BCUT2D eigenvalue weighted by molar-refractivity contribution is 0.304. The molecule has 0 spiro atoms. The maximum Gasteiger partial charge on any atom is 0.248 e. The summed E-state index contributed by atoms with van der Waals surface area (Å²) in [5, 5.41) is 22.0. The SMILES string of the molecule is N=C(N(O)c1cccc(F)c1CN)n1cc(N)cn1. The van der Waals surface area contributed by atoms with Crippen molar-refractivity contribution in [2.75, 3.05) is 10.8 Å². The summed E-state index contributed by atoms with van der Waals surface area (Å²) in [5.74, 6) is -0.941. The van der Waals surface area contributed by atoms with Crippen molar-refractivity contribution in [1.29, 1.82) is 5.41 Å². The van der Waals surface area contributed by atoms with Crippen LogP contribution in [0.3, 0.4) is 0 Å². The van der Waals surface area contributed by atoms with E-state index in [1.807, 2.05) is 0 Å². The van der Waals surface area contributed by atoms with Crippen LogP contribution in [0.25, 0.3) is 0 Å². The van der Waals surface area contributed by atoms with E-state index >= 15 is 0 Å². The highest BCUT2D eigenvalue weighted by atomic mass is 19.1. The van der Waals surface area contributed by atoms with Crippen molar-refractivity contribution in [3.63, 3.8) is 0 Å². The van der Waals surface area contributed by atoms with E-state index < -0.39 is 11.8 Å². The Morgan fingerprint density at radius 1 is 1.53 bits per heavy atom. The molecule has 7 nitrogen and oxygen atoms in total. The molecule has 1 aromatic carbocycles. The summed E-state index contributed by atoms with van der Waals surface area (Å²) >= 11 is 0. The second-order valence-electron chi connectivity index (χ2n) is 3.80. The zero-order valence-electron chi connectivity index (χ0n) is 9.92. The molecule has 0 aliphatic carbocycles. The van der Waals surface area contributed by atoms with Crippen molar-refractivity contribution in [1.82, 2.24) is 9.78 Å². The molecular formula is C11H13FN6O. The molecule has 6 N–H and O–H groups in total. The predicted molar refractivity (Wildman–Crippen MR) is 68.3 cm³/mol. The maximum absolute atomic E-state index is 13.6. The molecule has 19 heavy (non-hydrogen) atoms. The molecule has 0 saturated heterocycles. The number of hydrogen-bond acceptors (Lipinski definition) is 5. The Labute approximate surface area is 108 Å². The Hall–Kier alpha value is -2.45. The molecule has 1 aromatic heterocycles. The first-order valence-corrected chi connectivity index (χ1v) is 5.40. The van der Waals surface area contributed by atoms with Gasteiger partial charge < -0.3 is 11.5 Å². The first-order chi connectivity index (χ1) is 9.04. The van der Waals surface area contributed by atoms with Crippen molar-refractivity contribution in [2.45, 2.75) is 6.54 Å². The quantitative estimate of drug-likeness (QED) is 0.362. The van der Waals surface area contributed by atoms with E-state index in [2.05, 4.69) is 5.10 Å². The van der Waals surface area contributed by atoms with E-state index in [1.54, 1.807) is 0 Å². The fraction of sp³-hybridized carbons (Fsp3) is 0.0909. The van der Waals surface area contributed by atoms with Gasteiger partial charge in [-0.3, -0.25) is 10.6 Å². The van der Waals surface area contributed by atoms with Crippen LogP contribution in [0.15, 0.2) is 30.6 Å². The number of benzene rings is 1. The zero-order valence-corrected chi connectivity index (χ0v) is 9.92. The molecule has 1 heterocycles. The highest BCUT2D eigenvalue weighted by molar-refractivity contribution is 5.93. The van der Waals surface area contributed by atoms with E-state index in [1.165, 1.54) is 30.6 Å². The van der Waals surface area contributed by atoms with Gasteiger partial charge in [-0.05, 0) is 12.1 Å². The van der Waals surface area contributed by atoms with Crippen LogP contribution in [0.4, 0.5) is 15.8 Å². The normalized spacial score (nSPS) is 10.5. The average Bonchev–Trinajstić information content (AvgIpc) is 2.83. The fourth-order valence-corrected chi connectivity index (χ4v) is 1.61. The van der Waals surface area contributed by atoms with Crippen molar-refractivity contribution in [3.8, 4) is 0 Å². The lowest BCUT2D eigenvalue weighted by atomic mass is 10.1. The van der Waals surface area contributed by atoms with Crippen molar-refractivity contribution in [2.24, 2.45) is 5.73 Å². The minimum atomic E-state index is -0.549. The molecular weight excluding hydrogens is 251 g/mol. The van der Waals surface area contributed by atoms with E-state index in [0.29, 0.717) is 10.8 Å². The van der Waals surface area contributed by atoms with Gasteiger partial charge in [-0.2, -0.15) is 10.2 Å². The van der Waals surface area contributed by atoms with Gasteiger partial charge in [-0.25, -0.2) is 9.07 Å². The number of aromatic nitrogens is 2. The number of hydroxylamine groups is 1. The summed E-state index contributed by atoms with van der Waals surface area (Å²) in [6.07, 6.45) is 2.69. The van der Waals surface area contributed by atoms with Crippen LogP contribution in [0.2, 0.25) is 0 Å². The molecule has 0 radical (unpaired) electrons. The van der Waals surface area contributed by atoms with E-state index in [9.17, 15) is 9.60 Å². The Kier molecular flexibility index (Phi) is 3.45. The van der Waals surface area contributed by atoms with Gasteiger partial charge in [0.15, 0.2) is 0 Å². The Balaban J connectivity index is 2.37. The van der Waals surface area contributed by atoms with Gasteiger partial charge in [-0.1, -0.05) is 6.07 Å². The van der Waals surface area contributed by atoms with Crippen LogP contribution in [0.5, 0.6) is 0 Å². The van der Waals surface area contributed by atoms with Gasteiger partial charge >= 0.3 is 0 Å². The highest BCUT2D eigenvalue weighted by Gasteiger charge is 2.17. The van der Waals surface area contributed by atoms with Crippen LogP contribution in [-0.4, -0.2) is 20.9 Å². The molecule has 0 saturated carbocycles. The minimum absolute atomic E-state index is 0.0848. The van der Waals surface area contributed by atoms with Gasteiger partial charge in [0.25, 0.3) is 0 Å². The molecule has 0 unspecified atom stereocenters. The molecule has 2 aromatic rings. The van der Waals surface area contributed by atoms with Gasteiger partial charge in [0.2, 0.25) is 5.96 Å². The van der Waals surface area contributed by atoms with Crippen molar-refractivity contribution >= 4 is 17.3 Å². The van der Waals surface area contributed by atoms with Gasteiger partial charge in [0.1, 0.15) is 5.82 Å². The summed E-state index contributed by atoms with van der Waals surface area (Å²) in [4.78, 5) is 0. The lowest BCUT2D eigenvalue weighted by Crippen LogP contribution is -2.33. The third-order valence-electron chi connectivity index (χ3n) is 2.55. The minimum Gasteiger partial charge on any atom is -0.396 e. The number of halogens is 1. The third kappa shape index (κ3) is 2.39. The van der Waals surface area contributed by atoms with E-state index in [4.69, 9.17) is 16.9 Å². The largest absolute Gasteiger partial charge is 0.396 e. The standard InChI is InChI=1S/C11H13FN6O/c12-9-2-1-3-10(8(9)4-13)18(19)11(15)17-6-7(14)5-16-17/h1-3,5-6,15,19H,4,13-14H2. The van der Waals surface area contributed by atoms with Gasteiger partial charge in [0, 0.05) is 12.1 Å². The predicted octanol–water partition coefficient (Wildman–Crippen LogP) is 0.742. The topological polar surface area (TPSA) is 117 Å². The number of nitrogens with zero attached hydrogens (tertiary/aromatic N) is 3. The summed E-state index contributed by atoms with van der Waals surface area (Å²) in [5.41, 5.74) is 11.5. The monoisotopic (exact) mass is 264 g/mol. The van der Waals surface area contributed by atoms with Gasteiger partial charge in [0.05, 0.1) is 23.8 Å². The first-order valence-electron chi connectivity index (χ1n) is 5.40. The Bertz CT molecular complexity index is 611. The molecule has 2 rings (SSSR count). The van der Waals surface area contributed by atoms with Crippen LogP contribution >= 0.6 is 0 Å². The van der Waals surface area contributed by atoms with E-state index in [-0.39, 0.29) is 17.8 Å². The number of hydrogen-bond donors (Lipinski definition) is 4. The smallest absolute Gasteiger partial charge is 0.248 e. The Morgan fingerprint density at radius 2 is 2.26 bits per heavy atom. The lowest BCUT2D eigenvalue weighted by Gasteiger charge is -2.20. The fourth-order valence-electron chi connectivity index (χ4n) is 1.61. The number of anilines is 2. The average molecular weight is 264 g/mol.